The Bertz CT molecular complexity index is 697. The number of benzene rings is 1. The van der Waals surface area contributed by atoms with E-state index in [9.17, 15) is 4.79 Å². The highest BCUT2D eigenvalue weighted by Crippen LogP contribution is 2.20. The van der Waals surface area contributed by atoms with Gasteiger partial charge in [-0.1, -0.05) is 12.1 Å². The zero-order chi connectivity index (χ0) is 17.5. The van der Waals surface area contributed by atoms with Gasteiger partial charge in [0.05, 0.1) is 25.0 Å². The van der Waals surface area contributed by atoms with Crippen LogP contribution in [-0.4, -0.2) is 35.9 Å². The van der Waals surface area contributed by atoms with Gasteiger partial charge in [-0.25, -0.2) is 4.79 Å². The summed E-state index contributed by atoms with van der Waals surface area (Å²) in [6.45, 7) is 3.53. The van der Waals surface area contributed by atoms with Gasteiger partial charge in [-0.05, 0) is 30.2 Å². The molecule has 25 heavy (non-hydrogen) atoms. The van der Waals surface area contributed by atoms with Crippen LogP contribution >= 0.6 is 0 Å². The first-order valence-electron chi connectivity index (χ1n) is 8.39. The topological polar surface area (TPSA) is 80.7 Å². The van der Waals surface area contributed by atoms with E-state index < -0.39 is 5.97 Å². The molecule has 6 nitrogen and oxygen atoms in total. The van der Waals surface area contributed by atoms with Crippen LogP contribution in [0.2, 0.25) is 0 Å². The molecule has 1 unspecified atom stereocenters. The Morgan fingerprint density at radius 3 is 2.84 bits per heavy atom. The maximum absolute atomic E-state index is 10.9. The van der Waals surface area contributed by atoms with Crippen LogP contribution in [0.3, 0.4) is 0 Å². The number of carbonyl (C=O) groups is 1. The fourth-order valence-corrected chi connectivity index (χ4v) is 2.71. The summed E-state index contributed by atoms with van der Waals surface area (Å²) in [6, 6.07) is 8.82. The van der Waals surface area contributed by atoms with E-state index in [0.29, 0.717) is 31.2 Å². The lowest BCUT2D eigenvalue weighted by Crippen LogP contribution is -2.16. The Morgan fingerprint density at radius 1 is 1.28 bits per heavy atom. The number of aromatic carboxylic acids is 1. The van der Waals surface area contributed by atoms with E-state index in [2.05, 4.69) is 10.3 Å². The Morgan fingerprint density at radius 2 is 2.12 bits per heavy atom. The predicted molar refractivity (Wildman–Crippen MR) is 92.6 cm³/mol. The van der Waals surface area contributed by atoms with Crippen LogP contribution in [0.25, 0.3) is 0 Å². The summed E-state index contributed by atoms with van der Waals surface area (Å²) in [5.74, 6) is 0.336. The summed E-state index contributed by atoms with van der Waals surface area (Å²) in [6.07, 6.45) is 4.54. The number of ether oxygens (including phenoxy) is 2. The summed E-state index contributed by atoms with van der Waals surface area (Å²) in [4.78, 5) is 15.0. The number of pyridine rings is 1. The van der Waals surface area contributed by atoms with Gasteiger partial charge in [0.15, 0.2) is 0 Å². The molecule has 2 heterocycles. The van der Waals surface area contributed by atoms with Crippen molar-refractivity contribution in [3.63, 3.8) is 0 Å². The minimum absolute atomic E-state index is 0.296. The van der Waals surface area contributed by atoms with Crippen molar-refractivity contribution in [2.45, 2.75) is 19.5 Å². The predicted octanol–water partition coefficient (Wildman–Crippen LogP) is 2.48. The lowest BCUT2D eigenvalue weighted by molar-refractivity contribution is 0.0697. The van der Waals surface area contributed by atoms with Crippen molar-refractivity contribution in [3.8, 4) is 5.75 Å². The van der Waals surface area contributed by atoms with Crippen LogP contribution < -0.4 is 10.1 Å². The highest BCUT2D eigenvalue weighted by molar-refractivity contribution is 5.87. The normalized spacial score (nSPS) is 16.7. The Labute approximate surface area is 146 Å². The average molecular weight is 342 g/mol. The number of rotatable bonds is 8. The van der Waals surface area contributed by atoms with Gasteiger partial charge in [0.1, 0.15) is 5.75 Å². The van der Waals surface area contributed by atoms with Crippen molar-refractivity contribution >= 4 is 5.97 Å². The summed E-state index contributed by atoms with van der Waals surface area (Å²) in [5, 5.41) is 12.3. The molecular weight excluding hydrogens is 320 g/mol. The molecule has 0 spiro atoms. The Balaban J connectivity index is 1.51. The van der Waals surface area contributed by atoms with E-state index in [1.54, 1.807) is 24.5 Å². The lowest BCUT2D eigenvalue weighted by Gasteiger charge is -2.14. The van der Waals surface area contributed by atoms with Crippen molar-refractivity contribution in [3.05, 3.63) is 59.4 Å². The fourth-order valence-electron chi connectivity index (χ4n) is 2.71. The molecule has 0 saturated carbocycles. The molecule has 2 aromatic rings. The second kappa shape index (κ2) is 8.60. The van der Waals surface area contributed by atoms with Gasteiger partial charge in [0.25, 0.3) is 0 Å². The van der Waals surface area contributed by atoms with E-state index in [-0.39, 0.29) is 0 Å². The average Bonchev–Trinajstić information content (AvgIpc) is 3.15. The molecule has 132 valence electrons. The number of hydrogen-bond acceptors (Lipinski definition) is 5. The lowest BCUT2D eigenvalue weighted by atomic mass is 10.1. The summed E-state index contributed by atoms with van der Waals surface area (Å²) < 4.78 is 11.3. The molecule has 0 bridgehead atoms. The molecule has 0 aliphatic carbocycles. The van der Waals surface area contributed by atoms with Gasteiger partial charge in [0, 0.05) is 37.4 Å². The quantitative estimate of drug-likeness (QED) is 0.767. The van der Waals surface area contributed by atoms with Crippen LogP contribution in [0.4, 0.5) is 0 Å². The SMILES string of the molecule is O=C(O)c1ccc(CNCc2ccncc2OCC2CCOC2)cc1. The van der Waals surface area contributed by atoms with E-state index in [1.807, 2.05) is 18.2 Å². The molecule has 1 atom stereocenters. The molecule has 6 heteroatoms. The first kappa shape index (κ1) is 17.4. The molecule has 1 aliphatic rings. The molecule has 2 N–H and O–H groups in total. The van der Waals surface area contributed by atoms with E-state index in [1.165, 1.54) is 0 Å². The zero-order valence-corrected chi connectivity index (χ0v) is 14.0. The van der Waals surface area contributed by atoms with Gasteiger partial charge in [-0.3, -0.25) is 4.98 Å². The molecule has 1 aromatic carbocycles. The van der Waals surface area contributed by atoms with Crippen LogP contribution in [0.15, 0.2) is 42.7 Å². The summed E-state index contributed by atoms with van der Waals surface area (Å²) in [7, 11) is 0. The van der Waals surface area contributed by atoms with Crippen molar-refractivity contribution < 1.29 is 19.4 Å². The number of carboxylic acids is 1. The summed E-state index contributed by atoms with van der Waals surface area (Å²) >= 11 is 0. The molecular formula is C19H22N2O4. The van der Waals surface area contributed by atoms with Crippen LogP contribution in [-0.2, 0) is 17.8 Å². The maximum Gasteiger partial charge on any atom is 0.335 e. The van der Waals surface area contributed by atoms with Crippen LogP contribution in [0.5, 0.6) is 5.75 Å². The van der Waals surface area contributed by atoms with E-state index >= 15 is 0 Å². The third-order valence-electron chi connectivity index (χ3n) is 4.21. The number of carboxylic acid groups (broad SMARTS) is 1. The summed E-state index contributed by atoms with van der Waals surface area (Å²) in [5.41, 5.74) is 2.38. The zero-order valence-electron chi connectivity index (χ0n) is 14.0. The maximum atomic E-state index is 10.9. The van der Waals surface area contributed by atoms with E-state index in [0.717, 1.165) is 36.5 Å². The third kappa shape index (κ3) is 5.01. The van der Waals surface area contributed by atoms with E-state index in [4.69, 9.17) is 14.6 Å². The molecule has 0 radical (unpaired) electrons. The molecule has 0 amide bonds. The molecule has 1 aliphatic heterocycles. The fraction of sp³-hybridized carbons (Fsp3) is 0.368. The van der Waals surface area contributed by atoms with Gasteiger partial charge in [-0.15, -0.1) is 0 Å². The van der Waals surface area contributed by atoms with Crippen molar-refractivity contribution in [1.29, 1.82) is 0 Å². The molecule has 1 saturated heterocycles. The largest absolute Gasteiger partial charge is 0.491 e. The highest BCUT2D eigenvalue weighted by atomic mass is 16.5. The highest BCUT2D eigenvalue weighted by Gasteiger charge is 2.17. The van der Waals surface area contributed by atoms with Gasteiger partial charge < -0.3 is 19.9 Å². The molecule has 1 aromatic heterocycles. The third-order valence-corrected chi connectivity index (χ3v) is 4.21. The molecule has 3 rings (SSSR count). The number of nitrogens with zero attached hydrogens (tertiary/aromatic N) is 1. The van der Waals surface area contributed by atoms with Crippen molar-refractivity contribution in [2.24, 2.45) is 5.92 Å². The van der Waals surface area contributed by atoms with Gasteiger partial charge in [-0.2, -0.15) is 0 Å². The standard InChI is InChI=1S/C19H22N2O4/c22-19(23)16-3-1-14(2-4-16)9-21-10-17-5-7-20-11-18(17)25-13-15-6-8-24-12-15/h1-5,7,11,15,21H,6,8-10,12-13H2,(H,22,23). The van der Waals surface area contributed by atoms with Crippen molar-refractivity contribution in [2.75, 3.05) is 19.8 Å². The second-order valence-corrected chi connectivity index (χ2v) is 6.13. The number of nitrogens with one attached hydrogen (secondary N) is 1. The minimum Gasteiger partial charge on any atom is -0.491 e. The monoisotopic (exact) mass is 342 g/mol. The minimum atomic E-state index is -0.911. The first-order chi connectivity index (χ1) is 12.2. The second-order valence-electron chi connectivity index (χ2n) is 6.13. The number of aromatic nitrogens is 1. The van der Waals surface area contributed by atoms with Gasteiger partial charge >= 0.3 is 5.97 Å². The van der Waals surface area contributed by atoms with Crippen LogP contribution in [0.1, 0.15) is 27.9 Å². The van der Waals surface area contributed by atoms with Crippen molar-refractivity contribution in [1.82, 2.24) is 10.3 Å². The number of hydrogen-bond donors (Lipinski definition) is 2. The smallest absolute Gasteiger partial charge is 0.335 e. The Hall–Kier alpha value is -2.44. The molecule has 1 fully saturated rings. The van der Waals surface area contributed by atoms with Crippen LogP contribution in [0, 0.1) is 5.92 Å². The first-order valence-corrected chi connectivity index (χ1v) is 8.39. The van der Waals surface area contributed by atoms with Gasteiger partial charge in [0.2, 0.25) is 0 Å². The Kier molecular flexibility index (Phi) is 5.98.